The summed E-state index contributed by atoms with van der Waals surface area (Å²) in [5.41, 5.74) is 0.175. The third-order valence-electron chi connectivity index (χ3n) is 3.67. The molecular weight excluding hydrogens is 323 g/mol. The number of carbonyl (C=O) groups is 2. The first-order valence-electron chi connectivity index (χ1n) is 6.96. The number of aliphatic carboxylic acids is 1. The highest BCUT2D eigenvalue weighted by Crippen LogP contribution is 2.34. The van der Waals surface area contributed by atoms with E-state index in [4.69, 9.17) is 0 Å². The quantitative estimate of drug-likeness (QED) is 0.804. The first-order chi connectivity index (χ1) is 11.0. The number of thioether (sulfide) groups is 1. The van der Waals surface area contributed by atoms with E-state index < -0.39 is 23.7 Å². The van der Waals surface area contributed by atoms with Gasteiger partial charge in [-0.15, -0.1) is 0 Å². The zero-order valence-corrected chi connectivity index (χ0v) is 12.7. The van der Waals surface area contributed by atoms with E-state index in [1.165, 1.54) is 12.1 Å². The molecule has 23 heavy (non-hydrogen) atoms. The van der Waals surface area contributed by atoms with Gasteiger partial charge in [-0.1, -0.05) is 0 Å². The van der Waals surface area contributed by atoms with Crippen LogP contribution in [0.15, 0.2) is 28.1 Å². The maximum Gasteiger partial charge on any atom is 0.326 e. The number of phenolic OH excluding ortho intramolecular Hbond substituents is 1. The molecule has 0 bridgehead atoms. The summed E-state index contributed by atoms with van der Waals surface area (Å²) in [4.78, 5) is 28.9. The van der Waals surface area contributed by atoms with E-state index in [1.807, 2.05) is 0 Å². The lowest BCUT2D eigenvalue weighted by molar-refractivity contribution is -0.140. The summed E-state index contributed by atoms with van der Waals surface area (Å²) in [6.45, 7) is 0.522. The van der Waals surface area contributed by atoms with E-state index in [-0.39, 0.29) is 16.2 Å². The molecule has 120 valence electrons. The van der Waals surface area contributed by atoms with Crippen molar-refractivity contribution in [2.75, 3.05) is 6.54 Å². The number of carboxylic acid groups (broad SMARTS) is 1. The van der Waals surface area contributed by atoms with Gasteiger partial charge in [-0.3, -0.25) is 4.79 Å². The molecule has 3 rings (SSSR count). The molecule has 1 aromatic carbocycles. The smallest absolute Gasteiger partial charge is 0.326 e. The summed E-state index contributed by atoms with van der Waals surface area (Å²) in [5.74, 6) is -2.15. The molecule has 1 amide bonds. The van der Waals surface area contributed by atoms with Gasteiger partial charge in [-0.25, -0.2) is 9.18 Å². The number of likely N-dealkylation sites (tertiary alicyclic amines) is 1. The Morgan fingerprint density at radius 2 is 2.26 bits per heavy atom. The van der Waals surface area contributed by atoms with E-state index in [0.717, 1.165) is 23.9 Å². The fourth-order valence-corrected chi connectivity index (χ4v) is 3.54. The van der Waals surface area contributed by atoms with Crippen molar-refractivity contribution in [1.82, 2.24) is 4.90 Å². The minimum atomic E-state index is -0.946. The van der Waals surface area contributed by atoms with Crippen molar-refractivity contribution in [2.24, 2.45) is 4.99 Å². The van der Waals surface area contributed by atoms with E-state index in [0.29, 0.717) is 24.6 Å². The maximum atomic E-state index is 13.2. The highest BCUT2D eigenvalue weighted by Gasteiger charge is 2.36. The molecule has 1 fully saturated rings. The molecule has 1 saturated heterocycles. The van der Waals surface area contributed by atoms with E-state index >= 15 is 0 Å². The van der Waals surface area contributed by atoms with Crippen molar-refractivity contribution in [2.45, 2.75) is 18.9 Å². The number of amides is 1. The molecule has 2 aliphatic heterocycles. The molecule has 8 heteroatoms. The van der Waals surface area contributed by atoms with Crippen LogP contribution in [0.3, 0.4) is 0 Å². The molecule has 1 atom stereocenters. The van der Waals surface area contributed by atoms with Crippen LogP contribution in [0.25, 0.3) is 6.08 Å². The monoisotopic (exact) mass is 336 g/mol. The van der Waals surface area contributed by atoms with Gasteiger partial charge in [0.05, 0.1) is 4.91 Å². The lowest BCUT2D eigenvalue weighted by Crippen LogP contribution is -2.38. The Labute approximate surface area is 135 Å². The second-order valence-electron chi connectivity index (χ2n) is 5.20. The topological polar surface area (TPSA) is 90.2 Å². The van der Waals surface area contributed by atoms with E-state index in [2.05, 4.69) is 4.99 Å². The highest BCUT2D eigenvalue weighted by molar-refractivity contribution is 8.18. The summed E-state index contributed by atoms with van der Waals surface area (Å²) in [6.07, 6.45) is 2.58. The predicted molar refractivity (Wildman–Crippen MR) is 83.4 cm³/mol. The number of amidine groups is 1. The van der Waals surface area contributed by atoms with Gasteiger partial charge in [0.2, 0.25) is 0 Å². The van der Waals surface area contributed by atoms with Crippen molar-refractivity contribution in [1.29, 1.82) is 0 Å². The van der Waals surface area contributed by atoms with E-state index in [1.54, 1.807) is 4.90 Å². The predicted octanol–water partition coefficient (Wildman–Crippen LogP) is 2.05. The second kappa shape index (κ2) is 6.04. The SMILES string of the molecule is O=C1N=C(N2CCC[C@@H]2C(=O)O)SC1=Cc1cc(F)ccc1O. The van der Waals surface area contributed by atoms with Crippen molar-refractivity contribution in [3.8, 4) is 5.75 Å². The third-order valence-corrected chi connectivity index (χ3v) is 4.69. The Morgan fingerprint density at radius 3 is 3.00 bits per heavy atom. The van der Waals surface area contributed by atoms with Gasteiger partial charge in [-0.05, 0) is 48.9 Å². The summed E-state index contributed by atoms with van der Waals surface area (Å²) in [5, 5.41) is 19.2. The van der Waals surface area contributed by atoms with Crippen LogP contribution in [-0.2, 0) is 9.59 Å². The highest BCUT2D eigenvalue weighted by atomic mass is 32.2. The molecule has 1 aromatic rings. The van der Waals surface area contributed by atoms with Crippen LogP contribution in [0.4, 0.5) is 4.39 Å². The number of hydrogen-bond donors (Lipinski definition) is 2. The fourth-order valence-electron chi connectivity index (χ4n) is 2.56. The molecular formula is C15H13FN2O4S. The standard InChI is InChI=1S/C15H13FN2O4S/c16-9-3-4-11(19)8(6-9)7-12-13(20)17-15(23-12)18-5-1-2-10(18)14(21)22/h3-4,6-7,10,19H,1-2,5H2,(H,21,22)/t10-/m1/s1. The summed E-state index contributed by atoms with van der Waals surface area (Å²) < 4.78 is 13.2. The van der Waals surface area contributed by atoms with Crippen LogP contribution >= 0.6 is 11.8 Å². The number of hydrogen-bond acceptors (Lipinski definition) is 5. The zero-order valence-electron chi connectivity index (χ0n) is 11.9. The molecule has 0 spiro atoms. The number of aliphatic imine (C=N–C) groups is 1. The third kappa shape index (κ3) is 3.07. The molecule has 0 saturated carbocycles. The normalized spacial score (nSPS) is 22.7. The minimum Gasteiger partial charge on any atom is -0.507 e. The van der Waals surface area contributed by atoms with Gasteiger partial charge in [-0.2, -0.15) is 4.99 Å². The number of rotatable bonds is 2. The van der Waals surface area contributed by atoms with Gasteiger partial charge in [0.1, 0.15) is 17.6 Å². The Kier molecular flexibility index (Phi) is 4.08. The van der Waals surface area contributed by atoms with E-state index in [9.17, 15) is 24.2 Å². The maximum absolute atomic E-state index is 13.2. The molecule has 0 unspecified atom stereocenters. The van der Waals surface area contributed by atoms with Crippen LogP contribution in [-0.4, -0.2) is 44.7 Å². The number of nitrogens with zero attached hydrogens (tertiary/aromatic N) is 2. The van der Waals surface area contributed by atoms with Crippen LogP contribution < -0.4 is 0 Å². The molecule has 2 N–H and O–H groups in total. The van der Waals surface area contributed by atoms with Gasteiger partial charge in [0.25, 0.3) is 5.91 Å². The van der Waals surface area contributed by atoms with Crippen molar-refractivity contribution >= 4 is 34.9 Å². The minimum absolute atomic E-state index is 0.148. The molecule has 0 aromatic heterocycles. The fraction of sp³-hybridized carbons (Fsp3) is 0.267. The average molecular weight is 336 g/mol. The lowest BCUT2D eigenvalue weighted by Gasteiger charge is -2.21. The molecule has 0 aliphatic carbocycles. The summed E-state index contributed by atoms with van der Waals surface area (Å²) in [7, 11) is 0. The Balaban J connectivity index is 1.84. The zero-order chi connectivity index (χ0) is 16.6. The Hall–Kier alpha value is -2.35. The number of aromatic hydroxyl groups is 1. The van der Waals surface area contributed by atoms with Gasteiger partial charge in [0, 0.05) is 12.1 Å². The van der Waals surface area contributed by atoms with Crippen molar-refractivity contribution in [3.05, 3.63) is 34.5 Å². The largest absolute Gasteiger partial charge is 0.507 e. The molecule has 2 aliphatic rings. The number of benzene rings is 1. The molecule has 0 radical (unpaired) electrons. The summed E-state index contributed by atoms with van der Waals surface area (Å²) in [6, 6.07) is 2.75. The van der Waals surface area contributed by atoms with Crippen molar-refractivity contribution < 1.29 is 24.2 Å². The Morgan fingerprint density at radius 1 is 1.48 bits per heavy atom. The first kappa shape index (κ1) is 15.5. The summed E-state index contributed by atoms with van der Waals surface area (Å²) >= 11 is 1.04. The first-order valence-corrected chi connectivity index (χ1v) is 7.78. The van der Waals surface area contributed by atoms with Crippen LogP contribution in [0.5, 0.6) is 5.75 Å². The number of carboxylic acids is 1. The van der Waals surface area contributed by atoms with Crippen LogP contribution in [0, 0.1) is 5.82 Å². The van der Waals surface area contributed by atoms with Crippen LogP contribution in [0.1, 0.15) is 18.4 Å². The van der Waals surface area contributed by atoms with Crippen molar-refractivity contribution in [3.63, 3.8) is 0 Å². The number of phenols is 1. The number of carbonyl (C=O) groups excluding carboxylic acids is 1. The van der Waals surface area contributed by atoms with Crippen LogP contribution in [0.2, 0.25) is 0 Å². The van der Waals surface area contributed by atoms with Gasteiger partial charge < -0.3 is 15.1 Å². The van der Waals surface area contributed by atoms with Gasteiger partial charge in [0.15, 0.2) is 5.17 Å². The lowest BCUT2D eigenvalue weighted by atomic mass is 10.2. The second-order valence-corrected chi connectivity index (χ2v) is 6.21. The van der Waals surface area contributed by atoms with Gasteiger partial charge >= 0.3 is 5.97 Å². The molecule has 6 nitrogen and oxygen atoms in total. The molecule has 2 heterocycles. The average Bonchev–Trinajstić information content (AvgIpc) is 3.10. The Bertz CT molecular complexity index is 747. The number of halogens is 1.